The van der Waals surface area contributed by atoms with Gasteiger partial charge in [-0.3, -0.25) is 9.48 Å². The molecule has 0 saturated heterocycles. The third-order valence-corrected chi connectivity index (χ3v) is 2.91. The van der Waals surface area contributed by atoms with E-state index in [-0.39, 0.29) is 18.1 Å². The van der Waals surface area contributed by atoms with Crippen molar-refractivity contribution in [3.8, 4) is 0 Å². The molecule has 1 aromatic heterocycles. The first-order chi connectivity index (χ1) is 7.65. The van der Waals surface area contributed by atoms with Gasteiger partial charge in [-0.2, -0.15) is 5.10 Å². The maximum Gasteiger partial charge on any atom is 0.221 e. The summed E-state index contributed by atoms with van der Waals surface area (Å²) in [7, 11) is 0. The molecule has 2 atom stereocenters. The predicted molar refractivity (Wildman–Crippen MR) is 60.0 cm³/mol. The Balaban J connectivity index is 2.03. The molecule has 5 nitrogen and oxygen atoms in total. The molecule has 2 unspecified atom stereocenters. The largest absolute Gasteiger partial charge is 0.393 e. The van der Waals surface area contributed by atoms with Gasteiger partial charge in [0.15, 0.2) is 0 Å². The normalized spacial score (nSPS) is 25.4. The van der Waals surface area contributed by atoms with Crippen LogP contribution in [0.3, 0.4) is 0 Å². The van der Waals surface area contributed by atoms with Crippen molar-refractivity contribution in [2.24, 2.45) is 0 Å². The van der Waals surface area contributed by atoms with Gasteiger partial charge in [-0.15, -0.1) is 0 Å². The van der Waals surface area contributed by atoms with Crippen LogP contribution in [0.25, 0.3) is 0 Å². The van der Waals surface area contributed by atoms with Gasteiger partial charge >= 0.3 is 0 Å². The van der Waals surface area contributed by atoms with Gasteiger partial charge in [0.2, 0.25) is 5.91 Å². The molecular formula is C11H17N3O2. The number of aliphatic hydroxyl groups excluding tert-OH is 1. The Labute approximate surface area is 94.5 Å². The van der Waals surface area contributed by atoms with Crippen LogP contribution in [0.15, 0.2) is 12.4 Å². The molecule has 2 rings (SSSR count). The number of nitrogens with one attached hydrogen (secondary N) is 1. The molecule has 0 aliphatic heterocycles. The van der Waals surface area contributed by atoms with E-state index in [9.17, 15) is 9.90 Å². The van der Waals surface area contributed by atoms with E-state index < -0.39 is 0 Å². The van der Waals surface area contributed by atoms with Crippen molar-refractivity contribution in [3.63, 3.8) is 0 Å². The molecule has 1 aromatic rings. The number of carbonyl (C=O) groups excluding carboxylic acids is 1. The van der Waals surface area contributed by atoms with Crippen LogP contribution < -0.4 is 5.32 Å². The molecule has 5 heteroatoms. The third kappa shape index (κ3) is 2.61. The minimum Gasteiger partial charge on any atom is -0.393 e. The van der Waals surface area contributed by atoms with Crippen LogP contribution in [-0.4, -0.2) is 26.9 Å². The highest BCUT2D eigenvalue weighted by Gasteiger charge is 2.22. The number of amides is 1. The Morgan fingerprint density at radius 3 is 3.12 bits per heavy atom. The number of aliphatic hydroxyl groups is 1. The Morgan fingerprint density at radius 1 is 1.62 bits per heavy atom. The molecule has 0 radical (unpaired) electrons. The second-order valence-electron chi connectivity index (χ2n) is 4.36. The van der Waals surface area contributed by atoms with Crippen molar-refractivity contribution >= 4 is 11.6 Å². The lowest BCUT2D eigenvalue weighted by atomic mass is 9.93. The highest BCUT2D eigenvalue weighted by molar-refractivity contribution is 5.88. The molecule has 1 fully saturated rings. The monoisotopic (exact) mass is 223 g/mol. The lowest BCUT2D eigenvalue weighted by Gasteiger charge is -2.25. The lowest BCUT2D eigenvalue weighted by Crippen LogP contribution is -2.22. The molecule has 1 amide bonds. The van der Waals surface area contributed by atoms with Gasteiger partial charge in [0.05, 0.1) is 24.0 Å². The van der Waals surface area contributed by atoms with E-state index >= 15 is 0 Å². The summed E-state index contributed by atoms with van der Waals surface area (Å²) >= 11 is 0. The number of aromatic nitrogens is 2. The van der Waals surface area contributed by atoms with E-state index in [2.05, 4.69) is 10.4 Å². The first-order valence-electron chi connectivity index (χ1n) is 5.65. The van der Waals surface area contributed by atoms with E-state index in [1.54, 1.807) is 6.20 Å². The topological polar surface area (TPSA) is 67.2 Å². The van der Waals surface area contributed by atoms with E-state index in [1.165, 1.54) is 6.92 Å². The Morgan fingerprint density at radius 2 is 2.44 bits per heavy atom. The van der Waals surface area contributed by atoms with Gasteiger partial charge in [0, 0.05) is 13.1 Å². The highest BCUT2D eigenvalue weighted by Crippen LogP contribution is 2.28. The van der Waals surface area contributed by atoms with Gasteiger partial charge < -0.3 is 10.4 Å². The first kappa shape index (κ1) is 11.1. The first-order valence-corrected chi connectivity index (χ1v) is 5.65. The van der Waals surface area contributed by atoms with Crippen molar-refractivity contribution in [1.29, 1.82) is 0 Å². The van der Waals surface area contributed by atoms with Crippen LogP contribution >= 0.6 is 0 Å². The van der Waals surface area contributed by atoms with Gasteiger partial charge in [-0.25, -0.2) is 0 Å². The molecule has 0 aromatic carbocycles. The zero-order valence-corrected chi connectivity index (χ0v) is 9.39. The molecule has 16 heavy (non-hydrogen) atoms. The van der Waals surface area contributed by atoms with Crippen molar-refractivity contribution < 1.29 is 9.90 Å². The SMILES string of the molecule is CC(=O)Nc1cnn(C2CCCC(O)C2)c1. The molecule has 1 heterocycles. The smallest absolute Gasteiger partial charge is 0.221 e. The predicted octanol–water partition coefficient (Wildman–Crippen LogP) is 1.32. The fourth-order valence-corrected chi connectivity index (χ4v) is 2.18. The van der Waals surface area contributed by atoms with Crippen molar-refractivity contribution in [2.45, 2.75) is 44.8 Å². The summed E-state index contributed by atoms with van der Waals surface area (Å²) < 4.78 is 1.84. The maximum absolute atomic E-state index is 10.9. The van der Waals surface area contributed by atoms with Gasteiger partial charge in [-0.05, 0) is 25.7 Å². The van der Waals surface area contributed by atoms with Crippen LogP contribution in [0.1, 0.15) is 38.6 Å². The standard InChI is InChI=1S/C11H17N3O2/c1-8(15)13-9-6-12-14(7-9)10-3-2-4-11(16)5-10/h6-7,10-11,16H,2-5H2,1H3,(H,13,15). The lowest BCUT2D eigenvalue weighted by molar-refractivity contribution is -0.114. The minimum absolute atomic E-state index is 0.0942. The fraction of sp³-hybridized carbons (Fsp3) is 0.636. The van der Waals surface area contributed by atoms with Gasteiger partial charge in [0.1, 0.15) is 0 Å². The molecule has 1 aliphatic carbocycles. The van der Waals surface area contributed by atoms with Crippen LogP contribution in [0, 0.1) is 0 Å². The Bertz CT molecular complexity index is 375. The van der Waals surface area contributed by atoms with E-state index in [0.717, 1.165) is 25.7 Å². The van der Waals surface area contributed by atoms with Gasteiger partial charge in [0.25, 0.3) is 0 Å². The van der Waals surface area contributed by atoms with E-state index in [4.69, 9.17) is 0 Å². The van der Waals surface area contributed by atoms with E-state index in [1.807, 2.05) is 10.9 Å². The molecule has 0 spiro atoms. The van der Waals surface area contributed by atoms with Crippen molar-refractivity contribution in [1.82, 2.24) is 9.78 Å². The second-order valence-corrected chi connectivity index (χ2v) is 4.36. The van der Waals surface area contributed by atoms with Crippen LogP contribution in [0.5, 0.6) is 0 Å². The number of nitrogens with zero attached hydrogens (tertiary/aromatic N) is 2. The molecule has 0 bridgehead atoms. The molecule has 1 aliphatic rings. The maximum atomic E-state index is 10.9. The minimum atomic E-state index is -0.216. The summed E-state index contributed by atoms with van der Waals surface area (Å²) in [5.41, 5.74) is 0.715. The summed E-state index contributed by atoms with van der Waals surface area (Å²) in [6.45, 7) is 1.47. The average molecular weight is 223 g/mol. The molecular weight excluding hydrogens is 206 g/mol. The van der Waals surface area contributed by atoms with Crippen LogP contribution in [0.4, 0.5) is 5.69 Å². The Kier molecular flexibility index (Phi) is 3.24. The van der Waals surface area contributed by atoms with E-state index in [0.29, 0.717) is 5.69 Å². The molecule has 2 N–H and O–H groups in total. The van der Waals surface area contributed by atoms with Crippen molar-refractivity contribution in [3.05, 3.63) is 12.4 Å². The zero-order chi connectivity index (χ0) is 11.5. The Hall–Kier alpha value is -1.36. The van der Waals surface area contributed by atoms with Crippen molar-refractivity contribution in [2.75, 3.05) is 5.32 Å². The summed E-state index contributed by atoms with van der Waals surface area (Å²) in [5, 5.41) is 16.5. The number of hydrogen-bond acceptors (Lipinski definition) is 3. The summed E-state index contributed by atoms with van der Waals surface area (Å²) in [4.78, 5) is 10.9. The third-order valence-electron chi connectivity index (χ3n) is 2.91. The van der Waals surface area contributed by atoms with Crippen LogP contribution in [0.2, 0.25) is 0 Å². The second kappa shape index (κ2) is 4.65. The van der Waals surface area contributed by atoms with Crippen LogP contribution in [-0.2, 0) is 4.79 Å². The fourth-order valence-electron chi connectivity index (χ4n) is 2.18. The summed E-state index contributed by atoms with van der Waals surface area (Å²) in [6, 6.07) is 0.256. The number of hydrogen-bond donors (Lipinski definition) is 2. The quantitative estimate of drug-likeness (QED) is 0.794. The highest BCUT2D eigenvalue weighted by atomic mass is 16.3. The molecule has 88 valence electrons. The number of anilines is 1. The summed E-state index contributed by atoms with van der Waals surface area (Å²) in [6.07, 6.45) is 6.95. The number of rotatable bonds is 2. The number of carbonyl (C=O) groups is 1. The molecule has 1 saturated carbocycles. The zero-order valence-electron chi connectivity index (χ0n) is 9.39. The van der Waals surface area contributed by atoms with Gasteiger partial charge in [-0.1, -0.05) is 0 Å². The summed E-state index contributed by atoms with van der Waals surface area (Å²) in [5.74, 6) is -0.0942. The average Bonchev–Trinajstić information content (AvgIpc) is 2.65.